The minimum atomic E-state index is -0.0206. The Bertz CT molecular complexity index is 516. The lowest BCUT2D eigenvalue weighted by molar-refractivity contribution is -0.134. The van der Waals surface area contributed by atoms with Gasteiger partial charge in [-0.1, -0.05) is 51.1 Å². The van der Waals surface area contributed by atoms with Crippen LogP contribution in [0.1, 0.15) is 39.2 Å². The summed E-state index contributed by atoms with van der Waals surface area (Å²) in [7, 11) is 0. The Labute approximate surface area is 132 Å². The minimum absolute atomic E-state index is 0.0174. The molecule has 0 radical (unpaired) electrons. The standard InChI is InChI=1S/C18H26N2O2/c1-18(2,3)13-20(12-14-7-5-4-6-8-14)16(21)11-19-17(22)15-9-10-15/h4-8,15H,9-13H2,1-3H3,(H,19,22). The normalized spacial score (nSPS) is 14.5. The fourth-order valence-electron chi connectivity index (χ4n) is 2.37. The highest BCUT2D eigenvalue weighted by molar-refractivity contribution is 5.86. The van der Waals surface area contributed by atoms with E-state index in [0.717, 1.165) is 18.4 Å². The van der Waals surface area contributed by atoms with Crippen molar-refractivity contribution in [1.29, 1.82) is 0 Å². The molecule has 4 heteroatoms. The average molecular weight is 302 g/mol. The first-order valence-electron chi connectivity index (χ1n) is 7.94. The van der Waals surface area contributed by atoms with Gasteiger partial charge in [0.2, 0.25) is 11.8 Å². The Morgan fingerprint density at radius 3 is 2.36 bits per heavy atom. The Hall–Kier alpha value is -1.84. The Balaban J connectivity index is 1.96. The maximum absolute atomic E-state index is 12.5. The van der Waals surface area contributed by atoms with E-state index in [1.165, 1.54) is 0 Å². The molecule has 0 atom stereocenters. The monoisotopic (exact) mass is 302 g/mol. The van der Waals surface area contributed by atoms with Gasteiger partial charge in [-0.25, -0.2) is 0 Å². The molecule has 0 saturated heterocycles. The van der Waals surface area contributed by atoms with Gasteiger partial charge in [0.25, 0.3) is 0 Å². The molecule has 120 valence electrons. The summed E-state index contributed by atoms with van der Waals surface area (Å²) >= 11 is 0. The van der Waals surface area contributed by atoms with Crippen molar-refractivity contribution >= 4 is 11.8 Å². The highest BCUT2D eigenvalue weighted by atomic mass is 16.2. The van der Waals surface area contributed by atoms with Crippen molar-refractivity contribution < 1.29 is 9.59 Å². The number of carbonyl (C=O) groups excluding carboxylic acids is 2. The minimum Gasteiger partial charge on any atom is -0.347 e. The van der Waals surface area contributed by atoms with Crippen molar-refractivity contribution in [2.75, 3.05) is 13.1 Å². The van der Waals surface area contributed by atoms with Crippen molar-refractivity contribution in [2.24, 2.45) is 11.3 Å². The van der Waals surface area contributed by atoms with Crippen molar-refractivity contribution in [3.8, 4) is 0 Å². The first-order valence-corrected chi connectivity index (χ1v) is 7.94. The maximum atomic E-state index is 12.5. The molecule has 2 rings (SSSR count). The van der Waals surface area contributed by atoms with Crippen molar-refractivity contribution in [3.05, 3.63) is 35.9 Å². The van der Waals surface area contributed by atoms with E-state index in [4.69, 9.17) is 0 Å². The van der Waals surface area contributed by atoms with E-state index in [1.807, 2.05) is 35.2 Å². The molecule has 1 saturated carbocycles. The number of nitrogens with zero attached hydrogens (tertiary/aromatic N) is 1. The van der Waals surface area contributed by atoms with E-state index >= 15 is 0 Å². The predicted octanol–water partition coefficient (Wildman–Crippen LogP) is 2.59. The first-order chi connectivity index (χ1) is 10.3. The molecule has 1 aliphatic carbocycles. The second kappa shape index (κ2) is 6.95. The molecule has 0 unspecified atom stereocenters. The van der Waals surface area contributed by atoms with E-state index in [1.54, 1.807) is 0 Å². The fourth-order valence-corrected chi connectivity index (χ4v) is 2.37. The molecule has 1 aromatic rings. The Morgan fingerprint density at radius 2 is 1.82 bits per heavy atom. The van der Waals surface area contributed by atoms with Gasteiger partial charge in [0, 0.05) is 19.0 Å². The van der Waals surface area contributed by atoms with Gasteiger partial charge in [-0.2, -0.15) is 0 Å². The van der Waals surface area contributed by atoms with Crippen LogP contribution in [0, 0.1) is 11.3 Å². The van der Waals surface area contributed by atoms with Gasteiger partial charge in [-0.15, -0.1) is 0 Å². The molecule has 1 aliphatic rings. The summed E-state index contributed by atoms with van der Waals surface area (Å²) in [6, 6.07) is 9.96. The summed E-state index contributed by atoms with van der Waals surface area (Å²) in [5, 5.41) is 2.77. The number of nitrogens with one attached hydrogen (secondary N) is 1. The zero-order valence-electron chi connectivity index (χ0n) is 13.8. The average Bonchev–Trinajstić information content (AvgIpc) is 3.28. The SMILES string of the molecule is CC(C)(C)CN(Cc1ccccc1)C(=O)CNC(=O)C1CC1. The molecule has 2 amide bonds. The van der Waals surface area contributed by atoms with Crippen LogP contribution in [0.15, 0.2) is 30.3 Å². The van der Waals surface area contributed by atoms with E-state index in [-0.39, 0.29) is 29.7 Å². The molecule has 1 aromatic carbocycles. The number of benzene rings is 1. The van der Waals surface area contributed by atoms with E-state index in [9.17, 15) is 9.59 Å². The van der Waals surface area contributed by atoms with Crippen molar-refractivity contribution in [3.63, 3.8) is 0 Å². The lowest BCUT2D eigenvalue weighted by Gasteiger charge is -2.30. The molecule has 1 fully saturated rings. The third-order valence-corrected chi connectivity index (χ3v) is 3.60. The molecule has 22 heavy (non-hydrogen) atoms. The first kappa shape index (κ1) is 16.5. The second-order valence-electron chi connectivity index (χ2n) is 7.29. The number of carbonyl (C=O) groups is 2. The Kier molecular flexibility index (Phi) is 5.22. The smallest absolute Gasteiger partial charge is 0.242 e. The highest BCUT2D eigenvalue weighted by Gasteiger charge is 2.30. The van der Waals surface area contributed by atoms with Gasteiger partial charge >= 0.3 is 0 Å². The van der Waals surface area contributed by atoms with Crippen molar-refractivity contribution in [2.45, 2.75) is 40.2 Å². The van der Waals surface area contributed by atoms with E-state index in [2.05, 4.69) is 26.1 Å². The molecule has 0 heterocycles. The van der Waals surface area contributed by atoms with Gasteiger partial charge in [-0.05, 0) is 23.8 Å². The Morgan fingerprint density at radius 1 is 1.18 bits per heavy atom. The largest absolute Gasteiger partial charge is 0.347 e. The lowest BCUT2D eigenvalue weighted by Crippen LogP contribution is -2.43. The number of amides is 2. The van der Waals surface area contributed by atoms with Gasteiger partial charge < -0.3 is 10.2 Å². The van der Waals surface area contributed by atoms with Crippen molar-refractivity contribution in [1.82, 2.24) is 10.2 Å². The molecule has 0 aromatic heterocycles. The second-order valence-corrected chi connectivity index (χ2v) is 7.29. The molecular formula is C18H26N2O2. The third-order valence-electron chi connectivity index (χ3n) is 3.60. The molecular weight excluding hydrogens is 276 g/mol. The topological polar surface area (TPSA) is 49.4 Å². The zero-order chi connectivity index (χ0) is 16.2. The van der Waals surface area contributed by atoms with Gasteiger partial charge in [0.1, 0.15) is 0 Å². The summed E-state index contributed by atoms with van der Waals surface area (Å²) in [6.07, 6.45) is 1.91. The number of hydrogen-bond donors (Lipinski definition) is 1. The quantitative estimate of drug-likeness (QED) is 0.878. The summed E-state index contributed by atoms with van der Waals surface area (Å²) < 4.78 is 0. The van der Waals surface area contributed by atoms with Gasteiger partial charge in [0.05, 0.1) is 6.54 Å². The molecule has 0 aliphatic heterocycles. The number of rotatable bonds is 6. The van der Waals surface area contributed by atoms with Crippen LogP contribution in [-0.2, 0) is 16.1 Å². The summed E-state index contributed by atoms with van der Waals surface area (Å²) in [5.41, 5.74) is 1.12. The molecule has 0 bridgehead atoms. The summed E-state index contributed by atoms with van der Waals surface area (Å²) in [4.78, 5) is 26.0. The zero-order valence-corrected chi connectivity index (χ0v) is 13.8. The maximum Gasteiger partial charge on any atom is 0.242 e. The van der Waals surface area contributed by atoms with Crippen LogP contribution in [-0.4, -0.2) is 29.8 Å². The summed E-state index contributed by atoms with van der Waals surface area (Å²) in [6.45, 7) is 7.68. The van der Waals surface area contributed by atoms with Crippen LogP contribution in [0.25, 0.3) is 0 Å². The van der Waals surface area contributed by atoms with E-state index in [0.29, 0.717) is 13.1 Å². The van der Waals surface area contributed by atoms with Crippen LogP contribution in [0.4, 0.5) is 0 Å². The van der Waals surface area contributed by atoms with Crippen LogP contribution in [0.3, 0.4) is 0 Å². The van der Waals surface area contributed by atoms with Crippen LogP contribution >= 0.6 is 0 Å². The van der Waals surface area contributed by atoms with Gasteiger partial charge in [0.15, 0.2) is 0 Å². The van der Waals surface area contributed by atoms with Gasteiger partial charge in [-0.3, -0.25) is 9.59 Å². The molecule has 4 nitrogen and oxygen atoms in total. The number of hydrogen-bond acceptors (Lipinski definition) is 2. The fraction of sp³-hybridized carbons (Fsp3) is 0.556. The van der Waals surface area contributed by atoms with E-state index < -0.39 is 0 Å². The third kappa shape index (κ3) is 5.51. The molecule has 0 spiro atoms. The van der Waals surface area contributed by atoms with Crippen LogP contribution in [0.2, 0.25) is 0 Å². The lowest BCUT2D eigenvalue weighted by atomic mass is 9.95. The molecule has 1 N–H and O–H groups in total. The summed E-state index contributed by atoms with van der Waals surface area (Å²) in [5.74, 6) is 0.134. The van der Waals surface area contributed by atoms with Crippen LogP contribution < -0.4 is 5.32 Å². The highest BCUT2D eigenvalue weighted by Crippen LogP contribution is 2.28. The van der Waals surface area contributed by atoms with Crippen LogP contribution in [0.5, 0.6) is 0 Å². The predicted molar refractivity (Wildman–Crippen MR) is 87.0 cm³/mol.